The summed E-state index contributed by atoms with van der Waals surface area (Å²) >= 11 is 0. The summed E-state index contributed by atoms with van der Waals surface area (Å²) in [5.74, 6) is 0.145. The van der Waals surface area contributed by atoms with Gasteiger partial charge in [0.15, 0.2) is 0 Å². The first-order chi connectivity index (χ1) is 7.70. The summed E-state index contributed by atoms with van der Waals surface area (Å²) < 4.78 is 0. The van der Waals surface area contributed by atoms with Gasteiger partial charge < -0.3 is 4.90 Å². The highest BCUT2D eigenvalue weighted by atomic mass is 16.1. The SMILES string of the molecule is CC(C)N1CCC=C1C(=O)c1ccccc1. The number of carbonyl (C=O) groups is 1. The van der Waals surface area contributed by atoms with Crippen molar-refractivity contribution in [1.29, 1.82) is 0 Å². The normalized spacial score (nSPS) is 15.4. The van der Waals surface area contributed by atoms with Gasteiger partial charge in [-0.25, -0.2) is 0 Å². The van der Waals surface area contributed by atoms with Gasteiger partial charge in [-0.2, -0.15) is 0 Å². The van der Waals surface area contributed by atoms with E-state index in [9.17, 15) is 4.79 Å². The number of rotatable bonds is 3. The van der Waals surface area contributed by atoms with Crippen LogP contribution < -0.4 is 0 Å². The summed E-state index contributed by atoms with van der Waals surface area (Å²) in [6.45, 7) is 5.21. The molecular formula is C14H17NO. The average Bonchev–Trinajstić information content (AvgIpc) is 2.78. The predicted molar refractivity (Wildman–Crippen MR) is 65.3 cm³/mol. The van der Waals surface area contributed by atoms with Gasteiger partial charge in [-0.1, -0.05) is 36.4 Å². The van der Waals surface area contributed by atoms with Gasteiger partial charge in [-0.05, 0) is 20.3 Å². The molecule has 0 unspecified atom stereocenters. The molecule has 2 heteroatoms. The van der Waals surface area contributed by atoms with Gasteiger partial charge in [0.2, 0.25) is 5.78 Å². The summed E-state index contributed by atoms with van der Waals surface area (Å²) in [5.41, 5.74) is 1.64. The van der Waals surface area contributed by atoms with Crippen LogP contribution in [0.25, 0.3) is 0 Å². The van der Waals surface area contributed by atoms with Crippen LogP contribution in [0.4, 0.5) is 0 Å². The molecule has 0 aromatic heterocycles. The lowest BCUT2D eigenvalue weighted by Gasteiger charge is -2.25. The van der Waals surface area contributed by atoms with E-state index in [0.717, 1.165) is 24.2 Å². The Morgan fingerprint density at radius 1 is 1.25 bits per heavy atom. The highest BCUT2D eigenvalue weighted by Crippen LogP contribution is 2.21. The second-order valence-electron chi connectivity index (χ2n) is 4.36. The minimum absolute atomic E-state index is 0.145. The van der Waals surface area contributed by atoms with Crippen molar-refractivity contribution in [2.24, 2.45) is 0 Å². The van der Waals surface area contributed by atoms with Crippen LogP contribution in [-0.4, -0.2) is 23.3 Å². The van der Waals surface area contributed by atoms with Crippen molar-refractivity contribution < 1.29 is 4.79 Å². The molecule has 1 heterocycles. The standard InChI is InChI=1S/C14H17NO/c1-11(2)15-10-6-9-13(15)14(16)12-7-4-3-5-8-12/h3-5,7-9,11H,6,10H2,1-2H3. The quantitative estimate of drug-likeness (QED) is 0.723. The lowest BCUT2D eigenvalue weighted by Crippen LogP contribution is -2.30. The Bertz CT molecular complexity index is 406. The first-order valence-corrected chi connectivity index (χ1v) is 5.76. The summed E-state index contributed by atoms with van der Waals surface area (Å²) in [6, 6.07) is 9.88. The molecule has 0 fully saturated rings. The zero-order valence-electron chi connectivity index (χ0n) is 9.81. The molecule has 1 aromatic rings. The number of hydrogen-bond acceptors (Lipinski definition) is 2. The summed E-state index contributed by atoms with van der Waals surface area (Å²) in [6.07, 6.45) is 3.03. The Kier molecular flexibility index (Phi) is 3.09. The van der Waals surface area contributed by atoms with Crippen LogP contribution in [0, 0.1) is 0 Å². The molecule has 0 atom stereocenters. The van der Waals surface area contributed by atoms with Gasteiger partial charge in [-0.15, -0.1) is 0 Å². The molecule has 16 heavy (non-hydrogen) atoms. The van der Waals surface area contributed by atoms with Crippen LogP contribution in [0.15, 0.2) is 42.1 Å². The molecule has 2 nitrogen and oxygen atoms in total. The highest BCUT2D eigenvalue weighted by Gasteiger charge is 2.24. The fourth-order valence-corrected chi connectivity index (χ4v) is 2.07. The molecule has 84 valence electrons. The van der Waals surface area contributed by atoms with E-state index in [-0.39, 0.29) is 5.78 Å². The largest absolute Gasteiger partial charge is 0.366 e. The predicted octanol–water partition coefficient (Wildman–Crippen LogP) is 2.87. The van der Waals surface area contributed by atoms with Gasteiger partial charge in [0.05, 0.1) is 5.70 Å². The maximum Gasteiger partial charge on any atom is 0.208 e. The van der Waals surface area contributed by atoms with E-state index in [1.165, 1.54) is 0 Å². The van der Waals surface area contributed by atoms with Gasteiger partial charge >= 0.3 is 0 Å². The topological polar surface area (TPSA) is 20.3 Å². The van der Waals surface area contributed by atoms with Crippen LogP contribution in [0.5, 0.6) is 0 Å². The van der Waals surface area contributed by atoms with Crippen molar-refractivity contribution in [3.8, 4) is 0 Å². The fraction of sp³-hybridized carbons (Fsp3) is 0.357. The van der Waals surface area contributed by atoms with Gasteiger partial charge in [0, 0.05) is 18.2 Å². The van der Waals surface area contributed by atoms with Gasteiger partial charge in [0.1, 0.15) is 0 Å². The lowest BCUT2D eigenvalue weighted by atomic mass is 10.1. The first-order valence-electron chi connectivity index (χ1n) is 5.76. The maximum absolute atomic E-state index is 12.3. The second kappa shape index (κ2) is 4.52. The fourth-order valence-electron chi connectivity index (χ4n) is 2.07. The molecule has 2 rings (SSSR count). The molecule has 1 aliphatic rings. The molecule has 0 N–H and O–H groups in total. The molecule has 0 spiro atoms. The molecule has 0 radical (unpaired) electrons. The van der Waals surface area contributed by atoms with Crippen LogP contribution in [0.3, 0.4) is 0 Å². The minimum Gasteiger partial charge on any atom is -0.366 e. The van der Waals surface area contributed by atoms with Crippen molar-refractivity contribution in [1.82, 2.24) is 4.90 Å². The Labute approximate surface area is 96.6 Å². The van der Waals surface area contributed by atoms with Gasteiger partial charge in [0.25, 0.3) is 0 Å². The number of carbonyl (C=O) groups excluding carboxylic acids is 1. The third-order valence-electron chi connectivity index (χ3n) is 2.91. The van der Waals surface area contributed by atoms with Gasteiger partial charge in [-0.3, -0.25) is 4.79 Å². The van der Waals surface area contributed by atoms with Crippen molar-refractivity contribution >= 4 is 5.78 Å². The molecule has 0 aliphatic carbocycles. The van der Waals surface area contributed by atoms with E-state index < -0.39 is 0 Å². The van der Waals surface area contributed by atoms with Crippen LogP contribution in [0.1, 0.15) is 30.6 Å². The summed E-state index contributed by atoms with van der Waals surface area (Å²) in [4.78, 5) is 14.4. The molecule has 0 amide bonds. The summed E-state index contributed by atoms with van der Waals surface area (Å²) in [7, 11) is 0. The number of Topliss-reactive ketones (excluding diaryl/α,β-unsaturated/α-hetero) is 1. The number of allylic oxidation sites excluding steroid dienone is 1. The van der Waals surface area contributed by atoms with E-state index >= 15 is 0 Å². The average molecular weight is 215 g/mol. The zero-order valence-corrected chi connectivity index (χ0v) is 9.81. The summed E-state index contributed by atoms with van der Waals surface area (Å²) in [5, 5.41) is 0. The van der Waals surface area contributed by atoms with Crippen molar-refractivity contribution in [2.75, 3.05) is 6.54 Å². The molecular weight excluding hydrogens is 198 g/mol. The monoisotopic (exact) mass is 215 g/mol. The van der Waals surface area contributed by atoms with E-state index in [1.54, 1.807) is 0 Å². The molecule has 1 aliphatic heterocycles. The number of nitrogens with zero attached hydrogens (tertiary/aromatic N) is 1. The second-order valence-corrected chi connectivity index (χ2v) is 4.36. The van der Waals surface area contributed by atoms with Crippen LogP contribution in [-0.2, 0) is 0 Å². The van der Waals surface area contributed by atoms with Crippen molar-refractivity contribution in [3.63, 3.8) is 0 Å². The third-order valence-corrected chi connectivity index (χ3v) is 2.91. The smallest absolute Gasteiger partial charge is 0.208 e. The van der Waals surface area contributed by atoms with Crippen molar-refractivity contribution in [3.05, 3.63) is 47.7 Å². The highest BCUT2D eigenvalue weighted by molar-refractivity contribution is 6.08. The van der Waals surface area contributed by atoms with E-state index in [4.69, 9.17) is 0 Å². The number of ketones is 1. The van der Waals surface area contributed by atoms with E-state index in [1.807, 2.05) is 30.3 Å². The Morgan fingerprint density at radius 3 is 2.56 bits per heavy atom. The lowest BCUT2D eigenvalue weighted by molar-refractivity contribution is 0.0987. The third kappa shape index (κ3) is 2.01. The van der Waals surface area contributed by atoms with E-state index in [0.29, 0.717) is 6.04 Å². The Balaban J connectivity index is 2.23. The zero-order chi connectivity index (χ0) is 11.5. The molecule has 0 bridgehead atoms. The van der Waals surface area contributed by atoms with Crippen LogP contribution >= 0.6 is 0 Å². The molecule has 0 saturated carbocycles. The minimum atomic E-state index is 0.145. The number of benzene rings is 1. The Morgan fingerprint density at radius 2 is 1.94 bits per heavy atom. The van der Waals surface area contributed by atoms with E-state index in [2.05, 4.69) is 24.8 Å². The maximum atomic E-state index is 12.3. The van der Waals surface area contributed by atoms with Crippen molar-refractivity contribution in [2.45, 2.75) is 26.3 Å². The molecule has 0 saturated heterocycles. The van der Waals surface area contributed by atoms with Crippen LogP contribution in [0.2, 0.25) is 0 Å². The molecule has 1 aromatic carbocycles. The first kappa shape index (κ1) is 10.9. The number of hydrogen-bond donors (Lipinski definition) is 0. The Hall–Kier alpha value is -1.57.